The molecule has 0 saturated carbocycles. The first kappa shape index (κ1) is 14.2. The zero-order chi connectivity index (χ0) is 12.4. The van der Waals surface area contributed by atoms with Crippen LogP contribution in [0.5, 0.6) is 0 Å². The van der Waals surface area contributed by atoms with Gasteiger partial charge in [-0.3, -0.25) is 0 Å². The lowest BCUT2D eigenvalue weighted by Crippen LogP contribution is -2.41. The molecule has 0 aromatic carbocycles. The Labute approximate surface area is 102 Å². The van der Waals surface area contributed by atoms with Crippen LogP contribution < -0.4 is 4.72 Å². The molecular formula is C8H16ClNO4S2. The second-order valence-electron chi connectivity index (χ2n) is 3.99. The highest BCUT2D eigenvalue weighted by atomic mass is 35.5. The number of rotatable bonds is 5. The van der Waals surface area contributed by atoms with Crippen LogP contribution in [0.15, 0.2) is 0 Å². The van der Waals surface area contributed by atoms with Crippen LogP contribution in [0.2, 0.25) is 0 Å². The maximum Gasteiger partial charge on any atom is 0.211 e. The summed E-state index contributed by atoms with van der Waals surface area (Å²) in [5.41, 5.74) is 0. The number of sulfonamides is 1. The van der Waals surface area contributed by atoms with Crippen LogP contribution >= 0.6 is 11.6 Å². The van der Waals surface area contributed by atoms with E-state index in [4.69, 9.17) is 11.6 Å². The molecule has 1 aliphatic heterocycles. The molecule has 0 bridgehead atoms. The van der Waals surface area contributed by atoms with Crippen LogP contribution in [0.3, 0.4) is 0 Å². The third kappa shape index (κ3) is 4.20. The molecule has 2 atom stereocenters. The molecule has 1 saturated heterocycles. The Hall–Kier alpha value is 0.150. The van der Waals surface area contributed by atoms with E-state index in [-0.39, 0.29) is 17.3 Å². The van der Waals surface area contributed by atoms with Gasteiger partial charge in [-0.15, -0.1) is 11.6 Å². The Kier molecular flexibility index (Phi) is 4.62. The second kappa shape index (κ2) is 5.20. The first-order valence-corrected chi connectivity index (χ1v) is 9.01. The average molecular weight is 290 g/mol. The number of halogens is 1. The van der Waals surface area contributed by atoms with Gasteiger partial charge in [-0.2, -0.15) is 0 Å². The number of sulfone groups is 1. The summed E-state index contributed by atoms with van der Waals surface area (Å²) in [6, 6.07) is -0.687. The van der Waals surface area contributed by atoms with Crippen molar-refractivity contribution in [3.05, 3.63) is 0 Å². The molecule has 0 spiro atoms. The lowest BCUT2D eigenvalue weighted by Gasteiger charge is -2.14. The van der Waals surface area contributed by atoms with Gasteiger partial charge in [0.2, 0.25) is 10.0 Å². The van der Waals surface area contributed by atoms with Crippen molar-refractivity contribution in [1.29, 1.82) is 0 Å². The molecule has 1 fully saturated rings. The van der Waals surface area contributed by atoms with E-state index in [1.165, 1.54) is 0 Å². The fourth-order valence-electron chi connectivity index (χ4n) is 1.54. The molecule has 8 heteroatoms. The number of alkyl halides is 1. The van der Waals surface area contributed by atoms with Crippen LogP contribution in [0.4, 0.5) is 0 Å². The van der Waals surface area contributed by atoms with Gasteiger partial charge in [0, 0.05) is 0 Å². The molecule has 0 aromatic rings. The van der Waals surface area contributed by atoms with Crippen molar-refractivity contribution in [2.45, 2.75) is 31.2 Å². The number of hydrogen-bond acceptors (Lipinski definition) is 4. The Morgan fingerprint density at radius 3 is 2.44 bits per heavy atom. The van der Waals surface area contributed by atoms with E-state index in [0.717, 1.165) is 6.42 Å². The van der Waals surface area contributed by atoms with Crippen LogP contribution in [-0.4, -0.2) is 45.5 Å². The van der Waals surface area contributed by atoms with E-state index in [2.05, 4.69) is 4.72 Å². The Bertz CT molecular complexity index is 431. The van der Waals surface area contributed by atoms with Gasteiger partial charge in [-0.25, -0.2) is 21.6 Å². The minimum Gasteiger partial charge on any atom is -0.229 e. The highest BCUT2D eigenvalue weighted by Crippen LogP contribution is 2.18. The first-order chi connectivity index (χ1) is 7.26. The van der Waals surface area contributed by atoms with Gasteiger partial charge in [0.15, 0.2) is 9.84 Å². The molecule has 1 N–H and O–H groups in total. The zero-order valence-corrected chi connectivity index (χ0v) is 11.4. The fourth-order valence-corrected chi connectivity index (χ4v) is 5.76. The summed E-state index contributed by atoms with van der Waals surface area (Å²) in [5, 5.41) is -0.665. The molecule has 96 valence electrons. The van der Waals surface area contributed by atoms with E-state index in [1.807, 2.05) is 6.92 Å². The second-order valence-corrected chi connectivity index (χ2v) is 8.58. The predicted octanol–water partition coefficient (Wildman–Crippen LogP) is 0.110. The van der Waals surface area contributed by atoms with E-state index in [9.17, 15) is 16.8 Å². The van der Waals surface area contributed by atoms with Crippen molar-refractivity contribution in [2.24, 2.45) is 0 Å². The smallest absolute Gasteiger partial charge is 0.211 e. The van der Waals surface area contributed by atoms with Crippen molar-refractivity contribution >= 4 is 31.5 Å². The summed E-state index contributed by atoms with van der Waals surface area (Å²) >= 11 is 5.80. The number of unbranched alkanes of at least 4 members (excludes halogenated alkanes) is 1. The normalized spacial score (nSPS) is 29.4. The molecule has 1 rings (SSSR count). The van der Waals surface area contributed by atoms with Gasteiger partial charge < -0.3 is 0 Å². The first-order valence-electron chi connectivity index (χ1n) is 5.10. The fraction of sp³-hybridized carbons (Fsp3) is 1.00. The SMILES string of the molecule is CCCCS(=O)(=O)NC1CS(=O)(=O)CC1Cl. The van der Waals surface area contributed by atoms with Crippen LogP contribution in [0, 0.1) is 0 Å². The predicted molar refractivity (Wildman–Crippen MR) is 63.9 cm³/mol. The summed E-state index contributed by atoms with van der Waals surface area (Å²) in [6.45, 7) is 1.89. The van der Waals surface area contributed by atoms with Crippen molar-refractivity contribution < 1.29 is 16.8 Å². The maximum absolute atomic E-state index is 11.5. The summed E-state index contributed by atoms with van der Waals surface area (Å²) in [5.74, 6) is -0.342. The summed E-state index contributed by atoms with van der Waals surface area (Å²) in [4.78, 5) is 0. The topological polar surface area (TPSA) is 80.3 Å². The van der Waals surface area contributed by atoms with Crippen LogP contribution in [0.1, 0.15) is 19.8 Å². The monoisotopic (exact) mass is 289 g/mol. The molecular weight excluding hydrogens is 274 g/mol. The highest BCUT2D eigenvalue weighted by Gasteiger charge is 2.38. The Balaban J connectivity index is 2.62. The molecule has 1 heterocycles. The van der Waals surface area contributed by atoms with E-state index in [1.54, 1.807) is 0 Å². The van der Waals surface area contributed by atoms with Crippen molar-refractivity contribution in [3.63, 3.8) is 0 Å². The van der Waals surface area contributed by atoms with Crippen molar-refractivity contribution in [3.8, 4) is 0 Å². The number of hydrogen-bond donors (Lipinski definition) is 1. The molecule has 16 heavy (non-hydrogen) atoms. The van der Waals surface area contributed by atoms with Crippen LogP contribution in [-0.2, 0) is 19.9 Å². The van der Waals surface area contributed by atoms with Crippen molar-refractivity contribution in [2.75, 3.05) is 17.3 Å². The zero-order valence-electron chi connectivity index (χ0n) is 9.02. The van der Waals surface area contributed by atoms with E-state index < -0.39 is 31.3 Å². The third-order valence-corrected chi connectivity index (χ3v) is 6.24. The standard InChI is InChI=1S/C8H16ClNO4S2/c1-2-3-4-16(13,14)10-8-6-15(11,12)5-7(8)9/h7-8,10H,2-6H2,1H3. The van der Waals surface area contributed by atoms with Gasteiger partial charge in [-0.1, -0.05) is 13.3 Å². The molecule has 0 aliphatic carbocycles. The van der Waals surface area contributed by atoms with E-state index >= 15 is 0 Å². The summed E-state index contributed by atoms with van der Waals surface area (Å²) < 4.78 is 47.9. The van der Waals surface area contributed by atoms with E-state index in [0.29, 0.717) is 6.42 Å². The highest BCUT2D eigenvalue weighted by molar-refractivity contribution is 7.92. The summed E-state index contributed by atoms with van der Waals surface area (Å²) in [7, 11) is -6.61. The molecule has 0 amide bonds. The molecule has 5 nitrogen and oxygen atoms in total. The van der Waals surface area contributed by atoms with Crippen LogP contribution in [0.25, 0.3) is 0 Å². The minimum absolute atomic E-state index is 0.0175. The molecule has 1 aliphatic rings. The van der Waals surface area contributed by atoms with Gasteiger partial charge in [0.25, 0.3) is 0 Å². The van der Waals surface area contributed by atoms with Gasteiger partial charge in [-0.05, 0) is 6.42 Å². The molecule has 0 aromatic heterocycles. The lowest BCUT2D eigenvalue weighted by molar-refractivity contribution is 0.560. The minimum atomic E-state index is -3.41. The quantitative estimate of drug-likeness (QED) is 0.729. The van der Waals surface area contributed by atoms with Gasteiger partial charge >= 0.3 is 0 Å². The summed E-state index contributed by atoms with van der Waals surface area (Å²) in [6.07, 6.45) is 1.33. The van der Waals surface area contributed by atoms with Gasteiger partial charge in [0.05, 0.1) is 28.7 Å². The number of nitrogens with one attached hydrogen (secondary N) is 1. The third-order valence-electron chi connectivity index (χ3n) is 2.38. The maximum atomic E-state index is 11.5. The Morgan fingerprint density at radius 1 is 1.38 bits per heavy atom. The van der Waals surface area contributed by atoms with Gasteiger partial charge in [0.1, 0.15) is 0 Å². The molecule has 2 unspecified atom stereocenters. The van der Waals surface area contributed by atoms with Crippen molar-refractivity contribution in [1.82, 2.24) is 4.72 Å². The lowest BCUT2D eigenvalue weighted by atomic mass is 10.3. The average Bonchev–Trinajstić information content (AvgIpc) is 2.35. The molecule has 0 radical (unpaired) electrons. The Morgan fingerprint density at radius 2 is 2.00 bits per heavy atom. The largest absolute Gasteiger partial charge is 0.229 e.